The summed E-state index contributed by atoms with van der Waals surface area (Å²) in [5.74, 6) is 0.522. The Morgan fingerprint density at radius 1 is 1.16 bits per heavy atom. The Labute approximate surface area is 147 Å². The van der Waals surface area contributed by atoms with Crippen LogP contribution in [0.1, 0.15) is 48.2 Å². The Morgan fingerprint density at radius 3 is 2.60 bits per heavy atom. The van der Waals surface area contributed by atoms with E-state index in [0.29, 0.717) is 24.2 Å². The lowest BCUT2D eigenvalue weighted by Crippen LogP contribution is -2.41. The molecule has 2 aromatic rings. The Kier molecular flexibility index (Phi) is 5.72. The summed E-state index contributed by atoms with van der Waals surface area (Å²) >= 11 is 0. The van der Waals surface area contributed by atoms with Crippen molar-refractivity contribution >= 4 is 17.6 Å². The van der Waals surface area contributed by atoms with E-state index in [4.69, 9.17) is 10.2 Å². The number of carbonyl (C=O) groups is 1. The van der Waals surface area contributed by atoms with Gasteiger partial charge in [0.2, 0.25) is 0 Å². The lowest BCUT2D eigenvalue weighted by molar-refractivity contribution is 0.0996. The third kappa shape index (κ3) is 5.11. The van der Waals surface area contributed by atoms with Crippen molar-refractivity contribution in [1.29, 1.82) is 0 Å². The standard InChI is InChI=1S/C19H24N4O2/c20-19(23-15-5-2-1-3-6-15)21-13-14-8-10-16(11-9-14)22-18(24)17-7-4-12-25-17/h4,7-12,15H,1-3,5-6,13H2,(H,22,24)(H3,20,21,23). The molecule has 1 heterocycles. The molecule has 1 aliphatic rings. The molecular weight excluding hydrogens is 316 g/mol. The van der Waals surface area contributed by atoms with Gasteiger partial charge in [0.05, 0.1) is 12.8 Å². The number of hydrogen-bond acceptors (Lipinski definition) is 3. The van der Waals surface area contributed by atoms with E-state index in [0.717, 1.165) is 5.56 Å². The molecule has 0 atom stereocenters. The van der Waals surface area contributed by atoms with Gasteiger partial charge in [-0.05, 0) is 42.7 Å². The first-order chi connectivity index (χ1) is 12.2. The fourth-order valence-corrected chi connectivity index (χ4v) is 2.97. The molecule has 6 nitrogen and oxygen atoms in total. The van der Waals surface area contributed by atoms with E-state index in [1.807, 2.05) is 24.3 Å². The predicted octanol–water partition coefficient (Wildman–Crippen LogP) is 3.27. The average Bonchev–Trinajstić information content (AvgIpc) is 3.17. The molecular formula is C19H24N4O2. The highest BCUT2D eigenvalue weighted by atomic mass is 16.3. The number of guanidine groups is 1. The molecule has 1 aromatic carbocycles. The predicted molar refractivity (Wildman–Crippen MR) is 98.4 cm³/mol. The minimum Gasteiger partial charge on any atom is -0.459 e. The summed E-state index contributed by atoms with van der Waals surface area (Å²) in [6.07, 6.45) is 7.65. The number of carbonyl (C=O) groups excluding carboxylic acids is 1. The Bertz CT molecular complexity index is 702. The zero-order valence-corrected chi connectivity index (χ0v) is 14.2. The molecule has 4 N–H and O–H groups in total. The molecule has 3 rings (SSSR count). The van der Waals surface area contributed by atoms with Crippen molar-refractivity contribution in [2.24, 2.45) is 10.7 Å². The molecule has 0 radical (unpaired) electrons. The van der Waals surface area contributed by atoms with E-state index in [2.05, 4.69) is 15.6 Å². The highest BCUT2D eigenvalue weighted by molar-refractivity contribution is 6.02. The smallest absolute Gasteiger partial charge is 0.291 e. The van der Waals surface area contributed by atoms with Crippen LogP contribution in [-0.4, -0.2) is 17.9 Å². The van der Waals surface area contributed by atoms with Crippen molar-refractivity contribution in [3.8, 4) is 0 Å². The van der Waals surface area contributed by atoms with E-state index in [9.17, 15) is 4.79 Å². The van der Waals surface area contributed by atoms with E-state index in [1.54, 1.807) is 12.1 Å². The van der Waals surface area contributed by atoms with Crippen LogP contribution in [0, 0.1) is 0 Å². The molecule has 0 spiro atoms. The first-order valence-electron chi connectivity index (χ1n) is 8.71. The SMILES string of the molecule is NC(=NCc1ccc(NC(=O)c2ccco2)cc1)NC1CCCCC1. The summed E-state index contributed by atoms with van der Waals surface area (Å²) in [6.45, 7) is 0.512. The molecule has 25 heavy (non-hydrogen) atoms. The van der Waals surface area contributed by atoms with E-state index < -0.39 is 0 Å². The van der Waals surface area contributed by atoms with Crippen LogP contribution < -0.4 is 16.4 Å². The first-order valence-corrected chi connectivity index (χ1v) is 8.71. The van der Waals surface area contributed by atoms with Crippen molar-refractivity contribution in [1.82, 2.24) is 5.32 Å². The van der Waals surface area contributed by atoms with E-state index >= 15 is 0 Å². The van der Waals surface area contributed by atoms with Crippen LogP contribution >= 0.6 is 0 Å². The van der Waals surface area contributed by atoms with Gasteiger partial charge < -0.3 is 20.8 Å². The number of benzene rings is 1. The second kappa shape index (κ2) is 8.37. The molecule has 1 saturated carbocycles. The van der Waals surface area contributed by atoms with Crippen LogP contribution in [0.5, 0.6) is 0 Å². The number of aliphatic imine (C=N–C) groups is 1. The van der Waals surface area contributed by atoms with Crippen molar-refractivity contribution in [3.63, 3.8) is 0 Å². The Morgan fingerprint density at radius 2 is 1.92 bits per heavy atom. The van der Waals surface area contributed by atoms with Crippen LogP contribution in [0.2, 0.25) is 0 Å². The lowest BCUT2D eigenvalue weighted by atomic mass is 9.96. The van der Waals surface area contributed by atoms with Gasteiger partial charge in [-0.2, -0.15) is 0 Å². The van der Waals surface area contributed by atoms with Crippen LogP contribution in [0.15, 0.2) is 52.1 Å². The van der Waals surface area contributed by atoms with Gasteiger partial charge in [-0.15, -0.1) is 0 Å². The normalized spacial score (nSPS) is 15.8. The topological polar surface area (TPSA) is 92.6 Å². The number of rotatable bonds is 5. The number of nitrogens with two attached hydrogens (primary N) is 1. The van der Waals surface area contributed by atoms with Gasteiger partial charge in [0.15, 0.2) is 11.7 Å². The second-order valence-corrected chi connectivity index (χ2v) is 6.31. The van der Waals surface area contributed by atoms with Gasteiger partial charge in [-0.3, -0.25) is 4.79 Å². The number of anilines is 1. The van der Waals surface area contributed by atoms with Gasteiger partial charge in [-0.1, -0.05) is 31.4 Å². The highest BCUT2D eigenvalue weighted by Gasteiger charge is 2.13. The van der Waals surface area contributed by atoms with Gasteiger partial charge in [-0.25, -0.2) is 4.99 Å². The fraction of sp³-hybridized carbons (Fsp3) is 0.368. The molecule has 1 aromatic heterocycles. The van der Waals surface area contributed by atoms with E-state index in [1.165, 1.54) is 38.4 Å². The quantitative estimate of drug-likeness (QED) is 0.575. The minimum atomic E-state index is -0.267. The summed E-state index contributed by atoms with van der Waals surface area (Å²) in [4.78, 5) is 16.3. The second-order valence-electron chi connectivity index (χ2n) is 6.31. The first kappa shape index (κ1) is 17.1. The summed E-state index contributed by atoms with van der Waals surface area (Å²) in [7, 11) is 0. The molecule has 1 aliphatic carbocycles. The molecule has 1 fully saturated rings. The number of nitrogens with zero attached hydrogens (tertiary/aromatic N) is 1. The zero-order valence-electron chi connectivity index (χ0n) is 14.2. The van der Waals surface area contributed by atoms with Crippen LogP contribution in [-0.2, 0) is 6.54 Å². The van der Waals surface area contributed by atoms with Crippen LogP contribution in [0.3, 0.4) is 0 Å². The number of nitrogens with one attached hydrogen (secondary N) is 2. The highest BCUT2D eigenvalue weighted by Crippen LogP contribution is 2.17. The molecule has 132 valence electrons. The third-order valence-electron chi connectivity index (χ3n) is 4.35. The van der Waals surface area contributed by atoms with Crippen molar-refractivity contribution in [2.75, 3.05) is 5.32 Å². The van der Waals surface area contributed by atoms with Crippen molar-refractivity contribution in [3.05, 3.63) is 54.0 Å². The Hall–Kier alpha value is -2.76. The molecule has 0 unspecified atom stereocenters. The maximum absolute atomic E-state index is 11.9. The van der Waals surface area contributed by atoms with Crippen molar-refractivity contribution in [2.45, 2.75) is 44.7 Å². The molecule has 1 amide bonds. The Balaban J connectivity index is 1.50. The summed E-state index contributed by atoms with van der Waals surface area (Å²) in [5.41, 5.74) is 7.72. The summed E-state index contributed by atoms with van der Waals surface area (Å²) in [5, 5.41) is 6.09. The largest absolute Gasteiger partial charge is 0.459 e. The van der Waals surface area contributed by atoms with Gasteiger partial charge >= 0.3 is 0 Å². The van der Waals surface area contributed by atoms with Crippen molar-refractivity contribution < 1.29 is 9.21 Å². The zero-order chi connectivity index (χ0) is 17.5. The van der Waals surface area contributed by atoms with Gasteiger partial charge in [0, 0.05) is 11.7 Å². The fourth-order valence-electron chi connectivity index (χ4n) is 2.97. The van der Waals surface area contributed by atoms with Crippen LogP contribution in [0.25, 0.3) is 0 Å². The summed E-state index contributed by atoms with van der Waals surface area (Å²) < 4.78 is 5.07. The minimum absolute atomic E-state index is 0.267. The monoisotopic (exact) mass is 340 g/mol. The van der Waals surface area contributed by atoms with E-state index in [-0.39, 0.29) is 11.7 Å². The molecule has 0 aliphatic heterocycles. The molecule has 0 saturated heterocycles. The number of hydrogen-bond donors (Lipinski definition) is 3. The average molecular weight is 340 g/mol. The van der Waals surface area contributed by atoms with Crippen LogP contribution in [0.4, 0.5) is 5.69 Å². The third-order valence-corrected chi connectivity index (χ3v) is 4.35. The van der Waals surface area contributed by atoms with Gasteiger partial charge in [0.1, 0.15) is 0 Å². The summed E-state index contributed by atoms with van der Waals surface area (Å²) in [6, 6.07) is 11.3. The molecule has 6 heteroatoms. The lowest BCUT2D eigenvalue weighted by Gasteiger charge is -2.23. The molecule has 0 bridgehead atoms. The van der Waals surface area contributed by atoms with Gasteiger partial charge in [0.25, 0.3) is 5.91 Å². The maximum atomic E-state index is 11.9. The maximum Gasteiger partial charge on any atom is 0.291 e. The number of furan rings is 1. The number of amides is 1.